The molecular weight excluding hydrogens is 805 g/mol. The minimum atomic E-state index is -1.43. The van der Waals surface area contributed by atoms with Crippen LogP contribution in [0.4, 0.5) is 0 Å². The lowest BCUT2D eigenvalue weighted by Gasteiger charge is -2.70. The number of aliphatic hydroxyl groups excluding tert-OH is 3. The van der Waals surface area contributed by atoms with Gasteiger partial charge in [0.05, 0.1) is 49.7 Å². The van der Waals surface area contributed by atoms with E-state index in [1.54, 1.807) is 6.26 Å². The minimum Gasteiger partial charge on any atom is -0.469 e. The number of aliphatic hydroxyl groups is 3. The third kappa shape index (κ3) is 5.77. The summed E-state index contributed by atoms with van der Waals surface area (Å²) in [4.78, 5) is 45.9. The fourth-order valence-corrected chi connectivity index (χ4v) is 17.1. The van der Waals surface area contributed by atoms with Crippen molar-refractivity contribution in [2.45, 2.75) is 165 Å². The molecule has 7 heterocycles. The van der Waals surface area contributed by atoms with Gasteiger partial charge >= 0.3 is 11.9 Å². The van der Waals surface area contributed by atoms with Crippen molar-refractivity contribution < 1.29 is 53.1 Å². The standard InChI is InChI=1S/C50H70N2O11/c1-27(2)12-17-47(4)41-40(56)42(57)49(30-8-6-5-7-9-30)37(48(41)25-60-39(55)22-38(48)62-47)13-16-46(3)43(61-45(58)44-50(46,49)63-44)32-15-19-59-36(32)21-33(35(54)24-53)28-10-11-31-29(20-28)14-18-52-26-51-23-34(31)52/h14-15,18-19,27-31,33-35,37-38,41-44,51,53-54,57H,5-13,16-17,20-26H2,1-4H3/t28-,29+,31-,33-,34-,35+,37+,38-,41+,42+,43-,44+,46-,47-,48-,49-,50+/m0/s1. The number of hydrogen-bond donors (Lipinski definition) is 4. The van der Waals surface area contributed by atoms with Gasteiger partial charge in [0.1, 0.15) is 30.2 Å². The number of carbonyl (C=O) groups is 3. The lowest BCUT2D eigenvalue weighted by atomic mass is 9.33. The number of rotatable bonds is 10. The van der Waals surface area contributed by atoms with Gasteiger partial charge < -0.3 is 43.6 Å². The van der Waals surface area contributed by atoms with E-state index < -0.39 is 69.9 Å². The van der Waals surface area contributed by atoms with Gasteiger partial charge in [-0.25, -0.2) is 4.79 Å². The average Bonchev–Trinajstić information content (AvgIpc) is 3.51. The fourth-order valence-electron chi connectivity index (χ4n) is 17.1. The summed E-state index contributed by atoms with van der Waals surface area (Å²) in [6, 6.07) is 2.36. The third-order valence-corrected chi connectivity index (χ3v) is 19.7. The van der Waals surface area contributed by atoms with E-state index in [4.69, 9.17) is 23.4 Å². The van der Waals surface area contributed by atoms with E-state index in [0.29, 0.717) is 60.8 Å². The van der Waals surface area contributed by atoms with Crippen LogP contribution < -0.4 is 5.32 Å². The first-order valence-electron chi connectivity index (χ1n) is 24.7. The summed E-state index contributed by atoms with van der Waals surface area (Å²) < 4.78 is 33.1. The summed E-state index contributed by atoms with van der Waals surface area (Å²) in [6.45, 7) is 9.99. The normalized spacial score (nSPS) is 47.3. The van der Waals surface area contributed by atoms with Crippen LogP contribution in [0.3, 0.4) is 0 Å². The Kier molecular flexibility index (Phi) is 10.3. The van der Waals surface area contributed by atoms with Crippen LogP contribution in [-0.2, 0) is 39.8 Å². The Labute approximate surface area is 371 Å². The topological polar surface area (TPSA) is 181 Å². The summed E-state index contributed by atoms with van der Waals surface area (Å²) >= 11 is 0. The van der Waals surface area contributed by atoms with Crippen LogP contribution >= 0.6 is 0 Å². The molecule has 2 spiro atoms. The van der Waals surface area contributed by atoms with Gasteiger partial charge in [-0.05, 0) is 118 Å². The van der Waals surface area contributed by atoms with Crippen molar-refractivity contribution in [2.75, 3.05) is 26.4 Å². The molecule has 346 valence electrons. The summed E-state index contributed by atoms with van der Waals surface area (Å²) in [7, 11) is 0. The fraction of sp³-hybridized carbons (Fsp3) is 0.820. The Hall–Kier alpha value is -2.81. The molecule has 4 aliphatic carbocycles. The Morgan fingerprint density at radius 2 is 1.83 bits per heavy atom. The Morgan fingerprint density at radius 1 is 1.02 bits per heavy atom. The molecule has 4 N–H and O–H groups in total. The molecule has 1 aromatic heterocycles. The van der Waals surface area contributed by atoms with Crippen LogP contribution in [0.25, 0.3) is 0 Å². The number of hydrogen-bond acceptors (Lipinski definition) is 13. The summed E-state index contributed by atoms with van der Waals surface area (Å²) in [5.41, 5.74) is -4.41. The number of ether oxygens (including phenoxy) is 4. The molecule has 17 atom stereocenters. The molecule has 0 amide bonds. The predicted molar refractivity (Wildman–Crippen MR) is 227 cm³/mol. The number of cyclic esters (lactones) is 2. The highest BCUT2D eigenvalue weighted by molar-refractivity contribution is 5.92. The maximum atomic E-state index is 15.7. The zero-order chi connectivity index (χ0) is 43.8. The molecule has 11 rings (SSSR count). The summed E-state index contributed by atoms with van der Waals surface area (Å²) in [5.74, 6) is -0.506. The van der Waals surface area contributed by atoms with Gasteiger partial charge in [-0.15, -0.1) is 0 Å². The van der Waals surface area contributed by atoms with E-state index in [-0.39, 0.29) is 55.1 Å². The summed E-state index contributed by atoms with van der Waals surface area (Å²) in [5, 5.41) is 38.9. The van der Waals surface area contributed by atoms with E-state index in [1.165, 1.54) is 0 Å². The van der Waals surface area contributed by atoms with Crippen LogP contribution in [0.2, 0.25) is 0 Å². The molecule has 6 aliphatic heterocycles. The molecular formula is C50H70N2O11. The van der Waals surface area contributed by atoms with Gasteiger partial charge in [0.2, 0.25) is 0 Å². The quantitative estimate of drug-likeness (QED) is 0.174. The van der Waals surface area contributed by atoms with Gasteiger partial charge in [0.25, 0.3) is 0 Å². The predicted octanol–water partition coefficient (Wildman–Crippen LogP) is 5.39. The molecule has 0 unspecified atom stereocenters. The van der Waals surface area contributed by atoms with Gasteiger partial charge in [0, 0.05) is 40.8 Å². The zero-order valence-electron chi connectivity index (χ0n) is 37.7. The maximum Gasteiger partial charge on any atom is 0.339 e. The van der Waals surface area contributed by atoms with Crippen LogP contribution in [0, 0.1) is 63.6 Å². The number of epoxide rings is 1. The number of furan rings is 1. The van der Waals surface area contributed by atoms with Crippen molar-refractivity contribution in [1.82, 2.24) is 10.2 Å². The number of allylic oxidation sites excluding steroid dienone is 1. The number of ketones is 1. The highest BCUT2D eigenvalue weighted by Gasteiger charge is 2.93. The van der Waals surface area contributed by atoms with Crippen molar-refractivity contribution >= 4 is 17.7 Å². The van der Waals surface area contributed by atoms with Crippen molar-refractivity contribution in [3.8, 4) is 0 Å². The van der Waals surface area contributed by atoms with Crippen LogP contribution in [0.1, 0.15) is 129 Å². The minimum absolute atomic E-state index is 0.0379. The monoisotopic (exact) mass is 874 g/mol. The first-order valence-corrected chi connectivity index (χ1v) is 24.7. The largest absolute Gasteiger partial charge is 0.469 e. The molecule has 0 aromatic carbocycles. The number of fused-ring (bicyclic) bond motifs is 4. The molecule has 0 radical (unpaired) electrons. The SMILES string of the molecule is CC(C)CC[C@]1(C)O[C@H]2CC(=O)OC[C@]23[C@H]2CC[C@@]4(C)[C@H](c5ccoc5C[C@@H]([C@H]5CC[C@H]6[C@H](C=CN7CNC[C@@H]67)C5)[C@H](O)CO)OC(=O)[C@H]5O[C@]54[C@]2(C2CCCCC2)[C@H](O)C(=O)[C@@H]31. The molecule has 13 heteroatoms. The van der Waals surface area contributed by atoms with Crippen molar-refractivity contribution in [2.24, 2.45) is 63.6 Å². The molecule has 0 bridgehead atoms. The number of Topliss-reactive ketones (excluding diaryl/α,β-unsaturated/α-hetero) is 1. The second-order valence-electron chi connectivity index (χ2n) is 22.7. The highest BCUT2D eigenvalue weighted by atomic mass is 16.7. The molecule has 1 aromatic rings. The molecule has 63 heavy (non-hydrogen) atoms. The average molecular weight is 875 g/mol. The second-order valence-corrected chi connectivity index (χ2v) is 22.7. The van der Waals surface area contributed by atoms with E-state index in [1.807, 2.05) is 13.0 Å². The Balaban J connectivity index is 0.984. The Bertz CT molecular complexity index is 2010. The third-order valence-electron chi connectivity index (χ3n) is 19.7. The smallest absolute Gasteiger partial charge is 0.339 e. The molecule has 4 saturated carbocycles. The van der Waals surface area contributed by atoms with Crippen molar-refractivity contribution in [3.05, 3.63) is 35.9 Å². The lowest BCUT2D eigenvalue weighted by molar-refractivity contribution is -0.275. The van der Waals surface area contributed by atoms with E-state index in [0.717, 1.165) is 71.0 Å². The van der Waals surface area contributed by atoms with E-state index in [9.17, 15) is 24.9 Å². The van der Waals surface area contributed by atoms with E-state index >= 15 is 4.79 Å². The molecule has 9 fully saturated rings. The Morgan fingerprint density at radius 3 is 2.60 bits per heavy atom. The molecule has 13 nitrogen and oxygen atoms in total. The van der Waals surface area contributed by atoms with Crippen LogP contribution in [0.5, 0.6) is 0 Å². The highest BCUT2D eigenvalue weighted by Crippen LogP contribution is 2.82. The van der Waals surface area contributed by atoms with Crippen molar-refractivity contribution in [1.29, 1.82) is 0 Å². The maximum absolute atomic E-state index is 15.7. The summed E-state index contributed by atoms with van der Waals surface area (Å²) in [6.07, 6.45) is 11.9. The number of nitrogens with one attached hydrogen (secondary N) is 1. The second kappa shape index (κ2) is 15.1. The number of nitrogens with zero attached hydrogens (tertiary/aromatic N) is 1. The van der Waals surface area contributed by atoms with Gasteiger partial charge in [-0.1, -0.05) is 46.1 Å². The number of esters is 2. The van der Waals surface area contributed by atoms with Gasteiger partial charge in [-0.3, -0.25) is 14.9 Å². The van der Waals surface area contributed by atoms with Gasteiger partial charge in [0.15, 0.2) is 11.9 Å². The lowest BCUT2D eigenvalue weighted by Crippen LogP contribution is -2.79. The molecule has 5 saturated heterocycles. The first kappa shape index (κ1) is 42.8. The first-order chi connectivity index (χ1) is 30.2. The van der Waals surface area contributed by atoms with E-state index in [2.05, 4.69) is 43.3 Å². The molecule has 10 aliphatic rings. The van der Waals surface area contributed by atoms with Gasteiger partial charge in [-0.2, -0.15) is 0 Å². The van der Waals surface area contributed by atoms with Crippen molar-refractivity contribution in [3.63, 3.8) is 0 Å². The van der Waals surface area contributed by atoms with Crippen LogP contribution in [0.15, 0.2) is 29.0 Å². The van der Waals surface area contributed by atoms with Crippen LogP contribution in [-0.4, -0.2) is 106 Å². The zero-order valence-corrected chi connectivity index (χ0v) is 37.7. The number of carbonyl (C=O) groups excluding carboxylic acids is 3.